The number of likely N-dealkylation sites (tertiary alicyclic amines) is 1. The monoisotopic (exact) mass is 607 g/mol. The van der Waals surface area contributed by atoms with Crippen LogP contribution in [0.15, 0.2) is 78.9 Å². The number of halogens is 1. The van der Waals surface area contributed by atoms with Crippen LogP contribution in [0.2, 0.25) is 5.02 Å². The van der Waals surface area contributed by atoms with E-state index in [1.807, 2.05) is 42.5 Å². The van der Waals surface area contributed by atoms with Crippen molar-refractivity contribution in [1.82, 2.24) is 9.38 Å². The molecule has 3 aromatic rings. The van der Waals surface area contributed by atoms with E-state index in [4.69, 9.17) is 21.2 Å². The molecular formula is C33H40ClN4O5+. The number of methoxy groups -OCH3 is 1. The minimum atomic E-state index is -0.501. The van der Waals surface area contributed by atoms with Gasteiger partial charge >= 0.3 is 17.9 Å². The summed E-state index contributed by atoms with van der Waals surface area (Å²) in [7, 11) is 2.81. The van der Waals surface area contributed by atoms with Crippen LogP contribution < -0.4 is 14.9 Å². The third-order valence-electron chi connectivity index (χ3n) is 8.16. The Kier molecular flexibility index (Phi) is 11.3. The second-order valence-corrected chi connectivity index (χ2v) is 11.3. The number of amides is 3. The zero-order chi connectivity index (χ0) is 30.8. The van der Waals surface area contributed by atoms with Crippen molar-refractivity contribution in [1.29, 1.82) is 0 Å². The number of carbonyl (C=O) groups excluding carboxylic acids is 3. The Labute approximate surface area is 258 Å². The maximum absolute atomic E-state index is 13.5. The number of hydrogen-bond acceptors (Lipinski definition) is 6. The Balaban J connectivity index is 1.52. The van der Waals surface area contributed by atoms with Crippen molar-refractivity contribution < 1.29 is 24.0 Å². The van der Waals surface area contributed by atoms with Crippen LogP contribution >= 0.6 is 11.6 Å². The largest absolute Gasteiger partial charge is 0.468 e. The molecule has 43 heavy (non-hydrogen) atoms. The molecule has 0 radical (unpaired) electrons. The molecule has 1 unspecified atom stereocenters. The van der Waals surface area contributed by atoms with E-state index < -0.39 is 6.03 Å². The number of urea groups is 1. The van der Waals surface area contributed by atoms with Crippen LogP contribution in [0.1, 0.15) is 31.7 Å². The van der Waals surface area contributed by atoms with Crippen LogP contribution in [0.3, 0.4) is 0 Å². The number of nitrogens with one attached hydrogen (secondary N) is 1. The van der Waals surface area contributed by atoms with Crippen LogP contribution in [0.4, 0.5) is 21.9 Å². The van der Waals surface area contributed by atoms with Crippen molar-refractivity contribution in [2.45, 2.75) is 32.7 Å². The minimum Gasteiger partial charge on any atom is -0.468 e. The van der Waals surface area contributed by atoms with Crippen molar-refractivity contribution in [3.05, 3.63) is 89.4 Å². The fraction of sp³-hybridized carbons (Fsp3) is 0.364. The predicted molar refractivity (Wildman–Crippen MR) is 170 cm³/mol. The number of para-hydroxylation sites is 1. The molecule has 9 nitrogen and oxygen atoms in total. The van der Waals surface area contributed by atoms with E-state index in [1.165, 1.54) is 14.2 Å². The summed E-state index contributed by atoms with van der Waals surface area (Å²) in [6.07, 6.45) is 2.80. The molecule has 228 valence electrons. The number of nitrogens with zero attached hydrogens (tertiary/aromatic N) is 3. The molecule has 3 amide bonds. The Morgan fingerprint density at radius 2 is 1.60 bits per heavy atom. The summed E-state index contributed by atoms with van der Waals surface area (Å²) in [6.45, 7) is 4.79. The summed E-state index contributed by atoms with van der Waals surface area (Å²) in [5.41, 5.74) is 2.90. The van der Waals surface area contributed by atoms with E-state index in [1.54, 1.807) is 43.3 Å². The van der Waals surface area contributed by atoms with Gasteiger partial charge in [-0.2, -0.15) is 5.06 Å². The van der Waals surface area contributed by atoms with Crippen LogP contribution in [0, 0.1) is 5.92 Å². The van der Waals surface area contributed by atoms with Crippen LogP contribution in [-0.2, 0) is 25.7 Å². The maximum atomic E-state index is 13.5. The van der Waals surface area contributed by atoms with Crippen LogP contribution in [0.25, 0.3) is 0 Å². The minimum absolute atomic E-state index is 0.0491. The van der Waals surface area contributed by atoms with E-state index in [9.17, 15) is 14.4 Å². The Morgan fingerprint density at radius 3 is 2.21 bits per heavy atom. The first-order valence-electron chi connectivity index (χ1n) is 14.5. The zero-order valence-corrected chi connectivity index (χ0v) is 25.8. The van der Waals surface area contributed by atoms with Gasteiger partial charge in [0.1, 0.15) is 12.2 Å². The summed E-state index contributed by atoms with van der Waals surface area (Å²) >= 11 is 6.27. The second kappa shape index (κ2) is 15.1. The standard InChI is InChI=1S/C33H39ClN4O5/c1-25(39)38(24-27-9-5-4-6-10-27,22-19-26-17-20-36(21-18-26)23-32(40)42-2)29-15-13-28(14-16-29)35-33(41)37(43-3)31-12-8-7-11-30(31)34/h4-16,26H,17-24H2,1-3H3/p+1. The SMILES string of the molecule is COC(=O)CN1CCC(CC[N+](Cc2ccccc2)(C(C)=O)c2ccc(NC(=O)N(OC)c3ccccc3Cl)cc2)CC1. The van der Waals surface area contributed by atoms with E-state index in [-0.39, 0.29) is 16.4 Å². The quantitative estimate of drug-likeness (QED) is 0.157. The van der Waals surface area contributed by atoms with Crippen LogP contribution in [-0.4, -0.2) is 63.2 Å². The molecule has 0 bridgehead atoms. The summed E-state index contributed by atoms with van der Waals surface area (Å²) in [4.78, 5) is 45.7. The lowest BCUT2D eigenvalue weighted by Gasteiger charge is -2.37. The Bertz CT molecular complexity index is 1380. The predicted octanol–water partition coefficient (Wildman–Crippen LogP) is 6.27. The molecule has 0 aliphatic carbocycles. The summed E-state index contributed by atoms with van der Waals surface area (Å²) in [5.74, 6) is 0.282. The van der Waals surface area contributed by atoms with Gasteiger partial charge in [0.05, 0.1) is 44.9 Å². The molecule has 0 spiro atoms. The highest BCUT2D eigenvalue weighted by Crippen LogP contribution is 2.32. The molecule has 1 heterocycles. The molecule has 1 fully saturated rings. The van der Waals surface area contributed by atoms with E-state index in [0.29, 0.717) is 41.9 Å². The van der Waals surface area contributed by atoms with Crippen molar-refractivity contribution in [2.75, 3.05) is 50.8 Å². The molecule has 0 aromatic heterocycles. The number of quaternary nitrogens is 1. The maximum Gasteiger partial charge on any atom is 0.350 e. The average molecular weight is 608 g/mol. The first kappa shape index (κ1) is 32.2. The van der Waals surface area contributed by atoms with Gasteiger partial charge in [-0.25, -0.2) is 14.1 Å². The summed E-state index contributed by atoms with van der Waals surface area (Å²) in [6, 6.07) is 23.9. The van der Waals surface area contributed by atoms with Gasteiger partial charge in [-0.1, -0.05) is 54.1 Å². The number of anilines is 2. The molecule has 0 saturated carbocycles. The number of carbonyl (C=O) groups is 3. The van der Waals surface area contributed by atoms with Gasteiger partial charge in [0, 0.05) is 29.8 Å². The van der Waals surface area contributed by atoms with Gasteiger partial charge in [0.25, 0.3) is 0 Å². The molecule has 1 aliphatic rings. The Hall–Kier alpha value is -3.76. The lowest BCUT2D eigenvalue weighted by atomic mass is 9.92. The summed E-state index contributed by atoms with van der Waals surface area (Å²) < 4.78 is 4.98. The van der Waals surface area contributed by atoms with Gasteiger partial charge in [0.2, 0.25) is 0 Å². The van der Waals surface area contributed by atoms with Gasteiger partial charge in [0.15, 0.2) is 0 Å². The lowest BCUT2D eigenvalue weighted by molar-refractivity contribution is -0.142. The highest BCUT2D eigenvalue weighted by atomic mass is 35.5. The number of benzene rings is 3. The number of piperidine rings is 1. The first-order valence-corrected chi connectivity index (χ1v) is 14.8. The number of hydrogen-bond donors (Lipinski definition) is 1. The van der Waals surface area contributed by atoms with Gasteiger partial charge in [-0.15, -0.1) is 0 Å². The van der Waals surface area contributed by atoms with E-state index in [2.05, 4.69) is 10.2 Å². The molecule has 1 saturated heterocycles. The van der Waals surface area contributed by atoms with E-state index >= 15 is 0 Å². The number of ether oxygens (including phenoxy) is 1. The second-order valence-electron chi connectivity index (χ2n) is 10.8. The molecular weight excluding hydrogens is 568 g/mol. The first-order chi connectivity index (χ1) is 20.8. The third kappa shape index (κ3) is 8.20. The highest BCUT2D eigenvalue weighted by Gasteiger charge is 2.37. The molecule has 1 atom stereocenters. The fourth-order valence-corrected chi connectivity index (χ4v) is 5.85. The topological polar surface area (TPSA) is 88.2 Å². The molecule has 1 aliphatic heterocycles. The van der Waals surface area contributed by atoms with Crippen LogP contribution in [0.5, 0.6) is 0 Å². The molecule has 4 rings (SSSR count). The molecule has 10 heteroatoms. The van der Waals surface area contributed by atoms with Gasteiger partial charge in [-0.3, -0.25) is 14.5 Å². The summed E-state index contributed by atoms with van der Waals surface area (Å²) in [5, 5.41) is 4.33. The smallest absolute Gasteiger partial charge is 0.350 e. The van der Waals surface area contributed by atoms with Crippen molar-refractivity contribution in [3.63, 3.8) is 0 Å². The third-order valence-corrected chi connectivity index (χ3v) is 8.48. The highest BCUT2D eigenvalue weighted by molar-refractivity contribution is 6.33. The van der Waals surface area contributed by atoms with E-state index in [0.717, 1.165) is 48.7 Å². The Morgan fingerprint density at radius 1 is 0.953 bits per heavy atom. The number of rotatable bonds is 11. The van der Waals surface area contributed by atoms with Gasteiger partial charge < -0.3 is 10.1 Å². The molecule has 1 N–H and O–H groups in total. The zero-order valence-electron chi connectivity index (χ0n) is 25.0. The number of esters is 1. The van der Waals surface area contributed by atoms with Gasteiger partial charge in [-0.05, 0) is 56.1 Å². The normalized spacial score (nSPS) is 15.3. The number of hydroxylamine groups is 1. The van der Waals surface area contributed by atoms with Crippen molar-refractivity contribution in [3.8, 4) is 0 Å². The molecule has 3 aromatic carbocycles. The lowest BCUT2D eigenvalue weighted by Crippen LogP contribution is -2.53. The fourth-order valence-electron chi connectivity index (χ4n) is 5.64. The van der Waals surface area contributed by atoms with Crippen molar-refractivity contribution in [2.24, 2.45) is 5.92 Å². The van der Waals surface area contributed by atoms with Crippen molar-refractivity contribution >= 4 is 46.6 Å². The average Bonchev–Trinajstić information content (AvgIpc) is 3.02.